The molecular formula is C43H86N2. The summed E-state index contributed by atoms with van der Waals surface area (Å²) in [6.45, 7) is 9.48. The first-order valence-electron chi connectivity index (χ1n) is 21.5. The molecule has 0 saturated heterocycles. The van der Waals surface area contributed by atoms with E-state index in [-0.39, 0.29) is 0 Å². The van der Waals surface area contributed by atoms with E-state index < -0.39 is 0 Å². The molecule has 2 heteroatoms. The van der Waals surface area contributed by atoms with Gasteiger partial charge in [0.1, 0.15) is 6.17 Å². The van der Waals surface area contributed by atoms with E-state index in [1.807, 2.05) is 0 Å². The Balaban J connectivity index is 2.17. The summed E-state index contributed by atoms with van der Waals surface area (Å²) in [5.74, 6) is 0. The van der Waals surface area contributed by atoms with Crippen LogP contribution in [0, 0.1) is 0 Å². The summed E-state index contributed by atoms with van der Waals surface area (Å²) < 4.78 is 0. The summed E-state index contributed by atoms with van der Waals surface area (Å²) in [6, 6.07) is 0. The first-order chi connectivity index (χ1) is 22.3. The van der Waals surface area contributed by atoms with Gasteiger partial charge in [-0.05, 0) is 25.7 Å². The highest BCUT2D eigenvalue weighted by Gasteiger charge is 2.24. The maximum Gasteiger partial charge on any atom is 0.101 e. The summed E-state index contributed by atoms with van der Waals surface area (Å²) in [6.07, 6.45) is 55.9. The van der Waals surface area contributed by atoms with Gasteiger partial charge in [0.15, 0.2) is 0 Å². The lowest BCUT2D eigenvalue weighted by molar-refractivity contribution is 0.135. The quantitative estimate of drug-likeness (QED) is 0.0630. The molecule has 1 heterocycles. The molecule has 0 spiro atoms. The fraction of sp³-hybridized carbons (Fsp3) is 0.953. The summed E-state index contributed by atoms with van der Waals surface area (Å²) >= 11 is 0. The Labute approximate surface area is 286 Å². The van der Waals surface area contributed by atoms with Gasteiger partial charge in [-0.2, -0.15) is 0 Å². The number of rotatable bonds is 37. The van der Waals surface area contributed by atoms with E-state index in [1.165, 1.54) is 238 Å². The van der Waals surface area contributed by atoms with E-state index in [0.717, 1.165) is 0 Å². The Morgan fingerprint density at radius 2 is 0.511 bits per heavy atom. The maximum atomic E-state index is 2.72. The molecule has 0 aromatic rings. The summed E-state index contributed by atoms with van der Waals surface area (Å²) in [5, 5.41) is 0. The van der Waals surface area contributed by atoms with Crippen LogP contribution in [0.2, 0.25) is 0 Å². The van der Waals surface area contributed by atoms with E-state index in [2.05, 4.69) is 43.0 Å². The predicted molar refractivity (Wildman–Crippen MR) is 205 cm³/mol. The van der Waals surface area contributed by atoms with Crippen molar-refractivity contribution in [2.24, 2.45) is 0 Å². The van der Waals surface area contributed by atoms with Crippen molar-refractivity contribution in [1.29, 1.82) is 0 Å². The second-order valence-corrected chi connectivity index (χ2v) is 15.0. The SMILES string of the molecule is CCCCCCCCCCCCCCCCCN1C=CN(CCCCCCCCC)C1CCCCCCCCCCCCCC. The van der Waals surface area contributed by atoms with E-state index in [9.17, 15) is 0 Å². The normalized spacial score (nSPS) is 14.8. The Hall–Kier alpha value is -0.660. The van der Waals surface area contributed by atoms with Gasteiger partial charge in [0, 0.05) is 25.5 Å². The third-order valence-corrected chi connectivity index (χ3v) is 10.6. The fourth-order valence-corrected chi connectivity index (χ4v) is 7.42. The second-order valence-electron chi connectivity index (χ2n) is 15.0. The van der Waals surface area contributed by atoms with Crippen molar-refractivity contribution in [1.82, 2.24) is 9.80 Å². The topological polar surface area (TPSA) is 6.48 Å². The van der Waals surface area contributed by atoms with Crippen LogP contribution in [0.3, 0.4) is 0 Å². The lowest BCUT2D eigenvalue weighted by atomic mass is 10.0. The molecule has 0 aromatic carbocycles. The van der Waals surface area contributed by atoms with Crippen LogP contribution in [0.25, 0.3) is 0 Å². The van der Waals surface area contributed by atoms with Crippen molar-refractivity contribution in [3.63, 3.8) is 0 Å². The van der Waals surface area contributed by atoms with Crippen LogP contribution in [0.1, 0.15) is 245 Å². The smallest absolute Gasteiger partial charge is 0.101 e. The predicted octanol–water partition coefficient (Wildman–Crippen LogP) is 15.1. The third-order valence-electron chi connectivity index (χ3n) is 10.6. The van der Waals surface area contributed by atoms with Crippen LogP contribution in [-0.4, -0.2) is 29.1 Å². The molecule has 1 rings (SSSR count). The van der Waals surface area contributed by atoms with E-state index in [0.29, 0.717) is 6.17 Å². The fourth-order valence-electron chi connectivity index (χ4n) is 7.42. The van der Waals surface area contributed by atoms with Gasteiger partial charge in [-0.15, -0.1) is 0 Å². The van der Waals surface area contributed by atoms with Crippen LogP contribution in [0.4, 0.5) is 0 Å². The molecule has 2 nitrogen and oxygen atoms in total. The molecule has 0 saturated carbocycles. The molecule has 1 aliphatic rings. The molecule has 0 N–H and O–H groups in total. The van der Waals surface area contributed by atoms with Crippen molar-refractivity contribution in [2.45, 2.75) is 252 Å². The van der Waals surface area contributed by atoms with E-state index in [4.69, 9.17) is 0 Å². The van der Waals surface area contributed by atoms with Gasteiger partial charge >= 0.3 is 0 Å². The van der Waals surface area contributed by atoms with Crippen LogP contribution in [0.5, 0.6) is 0 Å². The monoisotopic (exact) mass is 631 g/mol. The molecule has 1 unspecified atom stereocenters. The molecular weight excluding hydrogens is 544 g/mol. The number of hydrogen-bond acceptors (Lipinski definition) is 2. The number of unbranched alkanes of at least 4 members (excludes halogenated alkanes) is 31. The highest BCUT2D eigenvalue weighted by atomic mass is 15.4. The molecule has 268 valence electrons. The van der Waals surface area contributed by atoms with Crippen molar-refractivity contribution in [3.8, 4) is 0 Å². The molecule has 0 aromatic heterocycles. The first-order valence-corrected chi connectivity index (χ1v) is 21.5. The molecule has 0 amide bonds. The Bertz CT molecular complexity index is 586. The van der Waals surface area contributed by atoms with Crippen molar-refractivity contribution in [3.05, 3.63) is 12.4 Å². The van der Waals surface area contributed by atoms with Crippen molar-refractivity contribution < 1.29 is 0 Å². The number of nitrogens with zero attached hydrogens (tertiary/aromatic N) is 2. The minimum Gasteiger partial charge on any atom is -0.356 e. The molecule has 1 atom stereocenters. The van der Waals surface area contributed by atoms with E-state index in [1.54, 1.807) is 0 Å². The molecule has 1 aliphatic heterocycles. The van der Waals surface area contributed by atoms with Crippen molar-refractivity contribution >= 4 is 0 Å². The molecule has 45 heavy (non-hydrogen) atoms. The van der Waals surface area contributed by atoms with E-state index >= 15 is 0 Å². The van der Waals surface area contributed by atoms with Gasteiger partial charge in [-0.1, -0.05) is 220 Å². The molecule has 0 aliphatic carbocycles. The minimum absolute atomic E-state index is 0.639. The Morgan fingerprint density at radius 3 is 0.778 bits per heavy atom. The number of hydrogen-bond donors (Lipinski definition) is 0. The second kappa shape index (κ2) is 34.7. The van der Waals surface area contributed by atoms with Gasteiger partial charge in [-0.25, -0.2) is 0 Å². The van der Waals surface area contributed by atoms with Crippen LogP contribution < -0.4 is 0 Å². The van der Waals surface area contributed by atoms with Crippen LogP contribution in [-0.2, 0) is 0 Å². The average molecular weight is 631 g/mol. The highest BCUT2D eigenvalue weighted by molar-refractivity contribution is 4.97. The minimum atomic E-state index is 0.639. The standard InChI is InChI=1S/C43H86N2/c1-4-7-10-13-16-18-20-22-23-24-26-28-31-34-37-40-45-42-41-44(39-36-33-30-15-12-9-6-3)43(45)38-35-32-29-27-25-21-19-17-14-11-8-5-2/h41-43H,4-40H2,1-3H3. The zero-order chi connectivity index (χ0) is 32.3. The van der Waals surface area contributed by atoms with Gasteiger partial charge in [-0.3, -0.25) is 0 Å². The van der Waals surface area contributed by atoms with Crippen LogP contribution in [0.15, 0.2) is 12.4 Å². The largest absolute Gasteiger partial charge is 0.356 e. The Morgan fingerprint density at radius 1 is 0.289 bits per heavy atom. The molecule has 0 fully saturated rings. The summed E-state index contributed by atoms with van der Waals surface area (Å²) in [5.41, 5.74) is 0. The summed E-state index contributed by atoms with van der Waals surface area (Å²) in [4.78, 5) is 5.44. The average Bonchev–Trinajstić information content (AvgIpc) is 3.43. The highest BCUT2D eigenvalue weighted by Crippen LogP contribution is 2.24. The van der Waals surface area contributed by atoms with Crippen LogP contribution >= 0.6 is 0 Å². The zero-order valence-corrected chi connectivity index (χ0v) is 31.8. The van der Waals surface area contributed by atoms with Gasteiger partial charge in [0.05, 0.1) is 0 Å². The first kappa shape index (κ1) is 42.4. The zero-order valence-electron chi connectivity index (χ0n) is 31.8. The molecule has 0 bridgehead atoms. The summed E-state index contributed by atoms with van der Waals surface area (Å²) in [7, 11) is 0. The lowest BCUT2D eigenvalue weighted by Gasteiger charge is -2.33. The van der Waals surface area contributed by atoms with Gasteiger partial charge in [0.25, 0.3) is 0 Å². The van der Waals surface area contributed by atoms with Crippen molar-refractivity contribution in [2.75, 3.05) is 13.1 Å². The maximum absolute atomic E-state index is 2.72. The Kier molecular flexibility index (Phi) is 32.6. The molecule has 0 radical (unpaired) electrons. The third kappa shape index (κ3) is 27.0. The van der Waals surface area contributed by atoms with Gasteiger partial charge < -0.3 is 9.80 Å². The lowest BCUT2D eigenvalue weighted by Crippen LogP contribution is -2.39. The van der Waals surface area contributed by atoms with Gasteiger partial charge in [0.2, 0.25) is 0 Å².